The maximum atomic E-state index is 11.9. The first kappa shape index (κ1) is 18.1. The van der Waals surface area contributed by atoms with Crippen LogP contribution in [0.5, 0.6) is 5.75 Å². The van der Waals surface area contributed by atoms with E-state index >= 15 is 0 Å². The van der Waals surface area contributed by atoms with E-state index in [0.717, 1.165) is 54.2 Å². The molecule has 1 aliphatic rings. The standard InChI is InChI=1S/C22H23ClN2O2/c1-15-13-24-22(26)19-7-6-18(12-20(15)19)27-17-8-10-25(11-9-17)14-16-4-2-3-5-21(16)23/h2-7,12-13,17H,8-11,14H2,1H3,(H,24,26). The van der Waals surface area contributed by atoms with Gasteiger partial charge in [-0.05, 0) is 60.5 Å². The van der Waals surface area contributed by atoms with E-state index in [1.54, 1.807) is 6.20 Å². The highest BCUT2D eigenvalue weighted by Gasteiger charge is 2.21. The van der Waals surface area contributed by atoms with Gasteiger partial charge in [0.15, 0.2) is 0 Å². The molecule has 140 valence electrons. The second-order valence-corrected chi connectivity index (χ2v) is 7.60. The van der Waals surface area contributed by atoms with Gasteiger partial charge in [0.25, 0.3) is 5.56 Å². The fraction of sp³-hybridized carbons (Fsp3) is 0.318. The van der Waals surface area contributed by atoms with E-state index in [2.05, 4.69) is 16.0 Å². The molecule has 3 aromatic rings. The van der Waals surface area contributed by atoms with Crippen molar-refractivity contribution in [3.05, 3.63) is 75.2 Å². The molecular weight excluding hydrogens is 360 g/mol. The molecule has 0 spiro atoms. The Morgan fingerprint density at radius 1 is 1.15 bits per heavy atom. The number of aromatic amines is 1. The van der Waals surface area contributed by atoms with Gasteiger partial charge in [0.1, 0.15) is 11.9 Å². The van der Waals surface area contributed by atoms with Gasteiger partial charge in [-0.3, -0.25) is 9.69 Å². The first-order valence-electron chi connectivity index (χ1n) is 9.34. The number of piperidine rings is 1. The van der Waals surface area contributed by atoms with Gasteiger partial charge in [-0.25, -0.2) is 0 Å². The van der Waals surface area contributed by atoms with Crippen LogP contribution in [0.25, 0.3) is 10.8 Å². The summed E-state index contributed by atoms with van der Waals surface area (Å²) < 4.78 is 6.22. The first-order valence-corrected chi connectivity index (χ1v) is 9.72. The van der Waals surface area contributed by atoms with E-state index in [1.807, 2.05) is 43.3 Å². The smallest absolute Gasteiger partial charge is 0.255 e. The summed E-state index contributed by atoms with van der Waals surface area (Å²) in [4.78, 5) is 17.1. The van der Waals surface area contributed by atoms with Crippen molar-refractivity contribution in [1.29, 1.82) is 0 Å². The van der Waals surface area contributed by atoms with Crippen LogP contribution in [0, 0.1) is 6.92 Å². The monoisotopic (exact) mass is 382 g/mol. The third-order valence-corrected chi connectivity index (χ3v) is 5.64. The zero-order valence-corrected chi connectivity index (χ0v) is 16.1. The number of aromatic nitrogens is 1. The molecule has 5 heteroatoms. The van der Waals surface area contributed by atoms with Crippen LogP contribution in [-0.4, -0.2) is 29.1 Å². The number of hydrogen-bond donors (Lipinski definition) is 1. The molecule has 1 aromatic heterocycles. The predicted octanol–water partition coefficient (Wildman–Crippen LogP) is 4.53. The van der Waals surface area contributed by atoms with Crippen LogP contribution < -0.4 is 10.3 Å². The van der Waals surface area contributed by atoms with E-state index in [-0.39, 0.29) is 11.7 Å². The fourth-order valence-corrected chi connectivity index (χ4v) is 3.89. The highest BCUT2D eigenvalue weighted by atomic mass is 35.5. The van der Waals surface area contributed by atoms with Gasteiger partial charge in [-0.1, -0.05) is 29.8 Å². The number of H-pyrrole nitrogens is 1. The van der Waals surface area contributed by atoms with E-state index in [1.165, 1.54) is 5.56 Å². The molecule has 0 unspecified atom stereocenters. The SMILES string of the molecule is Cc1c[nH]c(=O)c2ccc(OC3CCN(Cc4ccccc4Cl)CC3)cc12. The molecule has 1 N–H and O–H groups in total. The molecule has 4 rings (SSSR count). The van der Waals surface area contributed by atoms with Crippen molar-refractivity contribution in [2.24, 2.45) is 0 Å². The quantitative estimate of drug-likeness (QED) is 0.720. The summed E-state index contributed by atoms with van der Waals surface area (Å²) in [5, 5.41) is 2.49. The van der Waals surface area contributed by atoms with E-state index < -0.39 is 0 Å². The number of halogens is 1. The molecule has 2 heterocycles. The van der Waals surface area contributed by atoms with E-state index in [0.29, 0.717) is 5.39 Å². The predicted molar refractivity (Wildman–Crippen MR) is 110 cm³/mol. The van der Waals surface area contributed by atoms with Gasteiger partial charge in [-0.15, -0.1) is 0 Å². The van der Waals surface area contributed by atoms with Gasteiger partial charge in [-0.2, -0.15) is 0 Å². The van der Waals surface area contributed by atoms with Gasteiger partial charge in [0.2, 0.25) is 0 Å². The third kappa shape index (κ3) is 4.02. The van der Waals surface area contributed by atoms with Gasteiger partial charge in [0, 0.05) is 36.2 Å². The number of nitrogens with one attached hydrogen (secondary N) is 1. The van der Waals surface area contributed by atoms with E-state index in [9.17, 15) is 4.79 Å². The summed E-state index contributed by atoms with van der Waals surface area (Å²) in [6.45, 7) is 4.85. The van der Waals surface area contributed by atoms with Crippen molar-refractivity contribution in [2.45, 2.75) is 32.4 Å². The van der Waals surface area contributed by atoms with Crippen molar-refractivity contribution >= 4 is 22.4 Å². The Bertz CT molecular complexity index is 1010. The molecular formula is C22H23ClN2O2. The largest absolute Gasteiger partial charge is 0.490 e. The number of ether oxygens (including phenoxy) is 1. The van der Waals surface area contributed by atoms with Crippen LogP contribution in [0.4, 0.5) is 0 Å². The summed E-state index contributed by atoms with van der Waals surface area (Å²) in [6, 6.07) is 13.8. The minimum absolute atomic E-state index is 0.0602. The summed E-state index contributed by atoms with van der Waals surface area (Å²) in [5.41, 5.74) is 2.16. The van der Waals surface area contributed by atoms with Crippen molar-refractivity contribution in [1.82, 2.24) is 9.88 Å². The number of aryl methyl sites for hydroxylation is 1. The molecule has 0 bridgehead atoms. The maximum Gasteiger partial charge on any atom is 0.255 e. The third-order valence-electron chi connectivity index (χ3n) is 5.27. The number of fused-ring (bicyclic) bond motifs is 1. The normalized spacial score (nSPS) is 15.9. The topological polar surface area (TPSA) is 45.3 Å². The Hall–Kier alpha value is -2.30. The average Bonchev–Trinajstić information content (AvgIpc) is 2.68. The molecule has 0 radical (unpaired) electrons. The van der Waals surface area contributed by atoms with Crippen LogP contribution in [0.15, 0.2) is 53.5 Å². The zero-order valence-electron chi connectivity index (χ0n) is 15.4. The number of nitrogens with zero attached hydrogens (tertiary/aromatic N) is 1. The van der Waals surface area contributed by atoms with Crippen molar-refractivity contribution in [3.8, 4) is 5.75 Å². The first-order chi connectivity index (χ1) is 13.1. The Morgan fingerprint density at radius 3 is 2.70 bits per heavy atom. The van der Waals surface area contributed by atoms with Crippen LogP contribution in [0.1, 0.15) is 24.0 Å². The Labute approximate surface area is 163 Å². The fourth-order valence-electron chi connectivity index (χ4n) is 3.70. The second-order valence-electron chi connectivity index (χ2n) is 7.19. The van der Waals surface area contributed by atoms with E-state index in [4.69, 9.17) is 16.3 Å². The zero-order chi connectivity index (χ0) is 18.8. The van der Waals surface area contributed by atoms with Gasteiger partial charge in [0.05, 0.1) is 0 Å². The van der Waals surface area contributed by atoms with Crippen LogP contribution in [-0.2, 0) is 6.54 Å². The molecule has 1 aliphatic heterocycles. The number of likely N-dealkylation sites (tertiary alicyclic amines) is 1. The Morgan fingerprint density at radius 2 is 1.93 bits per heavy atom. The number of hydrogen-bond acceptors (Lipinski definition) is 3. The molecule has 0 amide bonds. The molecule has 2 aromatic carbocycles. The maximum absolute atomic E-state index is 11.9. The highest BCUT2D eigenvalue weighted by Crippen LogP contribution is 2.25. The lowest BCUT2D eigenvalue weighted by atomic mass is 10.1. The minimum Gasteiger partial charge on any atom is -0.490 e. The summed E-state index contributed by atoms with van der Waals surface area (Å²) in [5.74, 6) is 0.834. The molecule has 0 aliphatic carbocycles. The van der Waals surface area contributed by atoms with Gasteiger partial charge >= 0.3 is 0 Å². The molecule has 1 fully saturated rings. The summed E-state index contributed by atoms with van der Waals surface area (Å²) >= 11 is 6.28. The molecule has 27 heavy (non-hydrogen) atoms. The molecule has 4 nitrogen and oxygen atoms in total. The summed E-state index contributed by atoms with van der Waals surface area (Å²) in [7, 11) is 0. The highest BCUT2D eigenvalue weighted by molar-refractivity contribution is 6.31. The lowest BCUT2D eigenvalue weighted by Gasteiger charge is -2.32. The molecule has 0 saturated carbocycles. The lowest BCUT2D eigenvalue weighted by molar-refractivity contribution is 0.0969. The number of benzene rings is 2. The van der Waals surface area contributed by atoms with Crippen LogP contribution >= 0.6 is 11.6 Å². The Balaban J connectivity index is 1.39. The number of pyridine rings is 1. The average molecular weight is 383 g/mol. The van der Waals surface area contributed by atoms with Crippen molar-refractivity contribution in [3.63, 3.8) is 0 Å². The minimum atomic E-state index is -0.0602. The van der Waals surface area contributed by atoms with Crippen molar-refractivity contribution in [2.75, 3.05) is 13.1 Å². The molecule has 1 saturated heterocycles. The van der Waals surface area contributed by atoms with Gasteiger partial charge < -0.3 is 9.72 Å². The Kier molecular flexibility index (Phi) is 5.19. The van der Waals surface area contributed by atoms with Crippen LogP contribution in [0.2, 0.25) is 5.02 Å². The second kappa shape index (κ2) is 7.75. The van der Waals surface area contributed by atoms with Crippen molar-refractivity contribution < 1.29 is 4.74 Å². The molecule has 0 atom stereocenters. The lowest BCUT2D eigenvalue weighted by Crippen LogP contribution is -2.37. The van der Waals surface area contributed by atoms with Crippen LogP contribution in [0.3, 0.4) is 0 Å². The summed E-state index contributed by atoms with van der Waals surface area (Å²) in [6.07, 6.45) is 3.92. The number of rotatable bonds is 4.